The molecule has 0 radical (unpaired) electrons. The van der Waals surface area contributed by atoms with E-state index in [2.05, 4.69) is 5.32 Å². The number of hydrogen-bond acceptors (Lipinski definition) is 5. The van der Waals surface area contributed by atoms with E-state index in [1.165, 1.54) is 0 Å². The Morgan fingerprint density at radius 2 is 1.61 bits per heavy atom. The molecule has 0 unspecified atom stereocenters. The number of fused-ring (bicyclic) bond motifs is 5. The molecule has 1 saturated carbocycles. The topological polar surface area (TPSA) is 92.8 Å². The minimum absolute atomic E-state index is 0.0936. The van der Waals surface area contributed by atoms with Crippen LogP contribution in [0.5, 0.6) is 0 Å². The number of amides is 3. The van der Waals surface area contributed by atoms with Gasteiger partial charge in [-0.25, -0.2) is 0 Å². The Bertz CT molecular complexity index is 856. The second kappa shape index (κ2) is 6.89. The molecule has 3 aliphatic rings. The molecule has 0 spiro atoms. The van der Waals surface area contributed by atoms with Crippen LogP contribution < -0.4 is 5.32 Å². The smallest absolute Gasteiger partial charge is 0.326 e. The normalized spacial score (nSPS) is 27.3. The van der Waals surface area contributed by atoms with Crippen LogP contribution in [0.15, 0.2) is 30.4 Å². The molecule has 0 aromatic heterocycles. The SMILES string of the molecule is Cc1cc(C)cc(NC(=O)COC(=O)CN2C(=O)[C@@H]3[C@@H](C2=O)[C@H]2C=C[C@@H]3C2)c1. The molecule has 1 aromatic carbocycles. The van der Waals surface area contributed by atoms with Crippen LogP contribution in [0.3, 0.4) is 0 Å². The molecule has 1 saturated heterocycles. The van der Waals surface area contributed by atoms with Crippen LogP contribution in [-0.2, 0) is 23.9 Å². The van der Waals surface area contributed by atoms with Gasteiger partial charge < -0.3 is 10.1 Å². The van der Waals surface area contributed by atoms with Gasteiger partial charge in [-0.05, 0) is 55.4 Å². The van der Waals surface area contributed by atoms with Crippen LogP contribution in [0.2, 0.25) is 0 Å². The maximum Gasteiger partial charge on any atom is 0.326 e. The summed E-state index contributed by atoms with van der Waals surface area (Å²) in [5, 5.41) is 2.67. The van der Waals surface area contributed by atoms with Crippen molar-refractivity contribution in [3.05, 3.63) is 41.5 Å². The summed E-state index contributed by atoms with van der Waals surface area (Å²) in [4.78, 5) is 50.2. The number of rotatable bonds is 5. The fourth-order valence-electron chi connectivity index (χ4n) is 4.68. The van der Waals surface area contributed by atoms with E-state index in [1.54, 1.807) is 0 Å². The quantitative estimate of drug-likeness (QED) is 0.474. The maximum absolute atomic E-state index is 12.5. The molecule has 7 nitrogen and oxygen atoms in total. The molecule has 2 aliphatic carbocycles. The van der Waals surface area contributed by atoms with Crippen molar-refractivity contribution in [3.8, 4) is 0 Å². The molecule has 1 N–H and O–H groups in total. The Morgan fingerprint density at radius 3 is 2.18 bits per heavy atom. The fraction of sp³-hybridized carbons (Fsp3) is 0.429. The molecule has 4 atom stereocenters. The number of carbonyl (C=O) groups is 4. The first-order chi connectivity index (χ1) is 13.3. The van der Waals surface area contributed by atoms with Crippen LogP contribution in [0, 0.1) is 37.5 Å². The van der Waals surface area contributed by atoms with Crippen molar-refractivity contribution in [1.82, 2.24) is 4.90 Å². The van der Waals surface area contributed by atoms with Crippen LogP contribution in [-0.4, -0.2) is 41.7 Å². The number of imide groups is 1. The van der Waals surface area contributed by atoms with E-state index in [0.717, 1.165) is 22.4 Å². The zero-order chi connectivity index (χ0) is 20.0. The molecule has 2 fully saturated rings. The summed E-state index contributed by atoms with van der Waals surface area (Å²) >= 11 is 0. The van der Waals surface area contributed by atoms with E-state index in [-0.39, 0.29) is 35.5 Å². The predicted octanol–water partition coefficient (Wildman–Crippen LogP) is 1.59. The summed E-state index contributed by atoms with van der Waals surface area (Å²) in [6.07, 6.45) is 4.83. The summed E-state index contributed by atoms with van der Waals surface area (Å²) in [5.41, 5.74) is 2.64. The summed E-state index contributed by atoms with van der Waals surface area (Å²) in [7, 11) is 0. The number of carbonyl (C=O) groups excluding carboxylic acids is 4. The molecular formula is C21H22N2O5. The van der Waals surface area contributed by atoms with Gasteiger partial charge in [0, 0.05) is 5.69 Å². The molecular weight excluding hydrogens is 360 g/mol. The predicted molar refractivity (Wildman–Crippen MR) is 99.9 cm³/mol. The van der Waals surface area contributed by atoms with Gasteiger partial charge >= 0.3 is 5.97 Å². The van der Waals surface area contributed by atoms with Gasteiger partial charge in [0.1, 0.15) is 6.54 Å². The van der Waals surface area contributed by atoms with Crippen molar-refractivity contribution >= 4 is 29.4 Å². The van der Waals surface area contributed by atoms with E-state index in [1.807, 2.05) is 44.2 Å². The first kappa shape index (κ1) is 18.4. The van der Waals surface area contributed by atoms with Crippen molar-refractivity contribution in [1.29, 1.82) is 0 Å². The maximum atomic E-state index is 12.5. The van der Waals surface area contributed by atoms with Crippen molar-refractivity contribution in [2.75, 3.05) is 18.5 Å². The standard InChI is InChI=1S/C21H22N2O5/c1-11-5-12(2)7-15(6-11)22-16(24)10-28-17(25)9-23-20(26)18-13-3-4-14(8-13)19(18)21(23)27/h3-7,13-14,18-19H,8-10H2,1-2H3,(H,22,24)/t13-,14+,18-,19-/m0/s1. The van der Waals surface area contributed by atoms with Crippen molar-refractivity contribution < 1.29 is 23.9 Å². The molecule has 4 rings (SSSR count). The largest absolute Gasteiger partial charge is 0.454 e. The van der Waals surface area contributed by atoms with Gasteiger partial charge in [-0.3, -0.25) is 24.1 Å². The lowest BCUT2D eigenvalue weighted by molar-refractivity contribution is -0.154. The number of ether oxygens (including phenoxy) is 1. The third-order valence-corrected chi connectivity index (χ3v) is 5.72. The van der Waals surface area contributed by atoms with Gasteiger partial charge in [0.15, 0.2) is 6.61 Å². The van der Waals surface area contributed by atoms with Gasteiger partial charge in [0.25, 0.3) is 5.91 Å². The van der Waals surface area contributed by atoms with Crippen molar-refractivity contribution in [2.24, 2.45) is 23.7 Å². The minimum Gasteiger partial charge on any atom is -0.454 e. The number of aryl methyl sites for hydroxylation is 2. The highest BCUT2D eigenvalue weighted by molar-refractivity contribution is 6.08. The first-order valence-corrected chi connectivity index (χ1v) is 9.41. The number of nitrogens with one attached hydrogen (secondary N) is 1. The zero-order valence-electron chi connectivity index (χ0n) is 15.8. The molecule has 2 bridgehead atoms. The third kappa shape index (κ3) is 3.21. The molecule has 1 aliphatic heterocycles. The van der Waals surface area contributed by atoms with Gasteiger partial charge in [-0.1, -0.05) is 18.2 Å². The second-order valence-electron chi connectivity index (χ2n) is 7.85. The van der Waals surface area contributed by atoms with Crippen LogP contribution in [0.1, 0.15) is 17.5 Å². The van der Waals surface area contributed by atoms with E-state index in [4.69, 9.17) is 4.74 Å². The summed E-state index contributed by atoms with van der Waals surface area (Å²) in [5.74, 6) is -2.35. The lowest BCUT2D eigenvalue weighted by Crippen LogP contribution is -2.38. The van der Waals surface area contributed by atoms with Crippen LogP contribution in [0.4, 0.5) is 5.69 Å². The molecule has 3 amide bonds. The highest BCUT2D eigenvalue weighted by Crippen LogP contribution is 2.52. The van der Waals surface area contributed by atoms with Crippen LogP contribution >= 0.6 is 0 Å². The summed E-state index contributed by atoms with van der Waals surface area (Å²) in [6.45, 7) is 2.93. The average molecular weight is 382 g/mol. The Labute approximate surface area is 162 Å². The van der Waals surface area contributed by atoms with E-state index >= 15 is 0 Å². The lowest BCUT2D eigenvalue weighted by atomic mass is 9.85. The Balaban J connectivity index is 1.30. The Kier molecular flexibility index (Phi) is 4.53. The highest BCUT2D eigenvalue weighted by Gasteiger charge is 2.59. The second-order valence-corrected chi connectivity index (χ2v) is 7.85. The molecule has 28 heavy (non-hydrogen) atoms. The summed E-state index contributed by atoms with van der Waals surface area (Å²) in [6, 6.07) is 5.61. The number of benzene rings is 1. The van der Waals surface area contributed by atoms with Crippen LogP contribution in [0.25, 0.3) is 0 Å². The van der Waals surface area contributed by atoms with Gasteiger partial charge in [-0.15, -0.1) is 0 Å². The fourth-order valence-corrected chi connectivity index (χ4v) is 4.68. The first-order valence-electron chi connectivity index (χ1n) is 9.41. The van der Waals surface area contributed by atoms with E-state index < -0.39 is 25.0 Å². The number of hydrogen-bond donors (Lipinski definition) is 1. The Morgan fingerprint density at radius 1 is 1.04 bits per heavy atom. The average Bonchev–Trinajstić information content (AvgIpc) is 3.29. The van der Waals surface area contributed by atoms with Gasteiger partial charge in [-0.2, -0.15) is 0 Å². The number of allylic oxidation sites excluding steroid dienone is 2. The third-order valence-electron chi connectivity index (χ3n) is 5.72. The number of nitrogens with zero attached hydrogens (tertiary/aromatic N) is 1. The minimum atomic E-state index is -0.766. The molecule has 7 heteroatoms. The van der Waals surface area contributed by atoms with Crippen molar-refractivity contribution in [2.45, 2.75) is 20.3 Å². The highest BCUT2D eigenvalue weighted by atomic mass is 16.5. The van der Waals surface area contributed by atoms with Crippen molar-refractivity contribution in [3.63, 3.8) is 0 Å². The van der Waals surface area contributed by atoms with Gasteiger partial charge in [0.05, 0.1) is 11.8 Å². The zero-order valence-corrected chi connectivity index (χ0v) is 15.8. The monoisotopic (exact) mass is 382 g/mol. The number of likely N-dealkylation sites (tertiary alicyclic amines) is 1. The molecule has 1 aromatic rings. The molecule has 146 valence electrons. The Hall–Kier alpha value is -2.96. The van der Waals surface area contributed by atoms with E-state index in [0.29, 0.717) is 5.69 Å². The lowest BCUT2D eigenvalue weighted by Gasteiger charge is -2.16. The number of esters is 1. The summed E-state index contributed by atoms with van der Waals surface area (Å²) < 4.78 is 4.97. The van der Waals surface area contributed by atoms with E-state index in [9.17, 15) is 19.2 Å². The van der Waals surface area contributed by atoms with Gasteiger partial charge in [0.2, 0.25) is 11.8 Å². The molecule has 1 heterocycles. The number of anilines is 1.